The van der Waals surface area contributed by atoms with E-state index in [2.05, 4.69) is 4.84 Å². The van der Waals surface area contributed by atoms with Gasteiger partial charge in [0, 0.05) is 55.5 Å². The molecule has 10 atom stereocenters. The Morgan fingerprint density at radius 2 is 0.554 bits per heavy atom. The van der Waals surface area contributed by atoms with Gasteiger partial charge in [-0.1, -0.05) is 0 Å². The molecule has 0 saturated carbocycles. The second-order valence-corrected chi connectivity index (χ2v) is 14.8. The van der Waals surface area contributed by atoms with Crippen LogP contribution in [-0.2, 0) is 47.5 Å². The van der Waals surface area contributed by atoms with Crippen molar-refractivity contribution in [3.63, 3.8) is 0 Å². The van der Waals surface area contributed by atoms with Crippen LogP contribution in [0.25, 0.3) is 0 Å². The van der Waals surface area contributed by atoms with Crippen molar-refractivity contribution >= 4 is 0 Å². The molecule has 0 aliphatic carbocycles. The van der Waals surface area contributed by atoms with Gasteiger partial charge >= 0.3 is 0 Å². The van der Waals surface area contributed by atoms with Gasteiger partial charge in [-0.2, -0.15) is 0 Å². The van der Waals surface area contributed by atoms with Gasteiger partial charge in [0.05, 0.1) is 111 Å². The molecule has 0 bridgehead atoms. The van der Waals surface area contributed by atoms with E-state index in [1.165, 1.54) is 0 Å². The first-order valence-electron chi connectivity index (χ1n) is 20.3. The molecule has 0 radical (unpaired) electrons. The topological polar surface area (TPSA) is 300 Å². The Balaban J connectivity index is -0.000000331. The number of hydrogen-bond acceptors (Lipinski definition) is 18. The third-order valence-corrected chi connectivity index (χ3v) is 6.05. The van der Waals surface area contributed by atoms with E-state index in [1.807, 2.05) is 69.2 Å². The van der Waals surface area contributed by atoms with Gasteiger partial charge in [0.25, 0.3) is 0 Å². The van der Waals surface area contributed by atoms with Gasteiger partial charge in [-0.25, -0.2) is 5.90 Å². The Morgan fingerprint density at radius 3 is 0.893 bits per heavy atom. The molecule has 0 aromatic carbocycles. The predicted octanol–water partition coefficient (Wildman–Crippen LogP) is 0.361. The average Bonchev–Trinajstić information content (AvgIpc) is 3.09. The van der Waals surface area contributed by atoms with Crippen molar-refractivity contribution in [2.75, 3.05) is 106 Å². The maximum Gasteiger partial charge on any atom is 0.0913 e. The lowest BCUT2D eigenvalue weighted by Gasteiger charge is -2.15. The summed E-state index contributed by atoms with van der Waals surface area (Å²) in [6.07, 6.45) is 2.26. The summed E-state index contributed by atoms with van der Waals surface area (Å²) in [6.45, 7) is 28.7. The second kappa shape index (κ2) is 47.0. The lowest BCUT2D eigenvalue weighted by atomic mass is 10.3. The third kappa shape index (κ3) is 68.0. The molecule has 56 heavy (non-hydrogen) atoms. The second-order valence-electron chi connectivity index (χ2n) is 14.8. The highest BCUT2D eigenvalue weighted by atomic mass is 16.6. The van der Waals surface area contributed by atoms with Crippen molar-refractivity contribution in [2.24, 2.45) is 46.0 Å². The van der Waals surface area contributed by atoms with E-state index >= 15 is 0 Å². The van der Waals surface area contributed by atoms with Crippen LogP contribution in [0.2, 0.25) is 0 Å². The smallest absolute Gasteiger partial charge is 0.0913 e. The summed E-state index contributed by atoms with van der Waals surface area (Å²) in [6, 6.07) is 0.589. The van der Waals surface area contributed by atoms with Crippen LogP contribution in [0.4, 0.5) is 0 Å². The molecule has 0 aromatic rings. The first kappa shape index (κ1) is 61.9. The van der Waals surface area contributed by atoms with Crippen LogP contribution in [0.15, 0.2) is 0 Å². The van der Waals surface area contributed by atoms with Gasteiger partial charge in [-0.3, -0.25) is 0 Å². The van der Waals surface area contributed by atoms with Crippen molar-refractivity contribution in [2.45, 2.75) is 143 Å². The quantitative estimate of drug-likeness (QED) is 0.0321. The Bertz CT molecular complexity index is 734. The van der Waals surface area contributed by atoms with Gasteiger partial charge in [0.2, 0.25) is 0 Å². The molecule has 0 aliphatic heterocycles. The van der Waals surface area contributed by atoms with Crippen molar-refractivity contribution in [3.8, 4) is 0 Å². The summed E-state index contributed by atoms with van der Waals surface area (Å²) in [5.74, 6) is 4.73. The summed E-state index contributed by atoms with van der Waals surface area (Å²) < 4.78 is 48.2. The molecule has 16 N–H and O–H groups in total. The van der Waals surface area contributed by atoms with E-state index in [0.29, 0.717) is 92.5 Å². The fourth-order valence-electron chi connectivity index (χ4n) is 3.50. The molecule has 0 aliphatic rings. The highest BCUT2D eigenvalue weighted by Crippen LogP contribution is 1.98. The molecular weight excluding hydrogens is 728 g/mol. The largest absolute Gasteiger partial charge is 0.380 e. The third-order valence-electron chi connectivity index (χ3n) is 6.05. The molecule has 0 amide bonds. The zero-order valence-corrected chi connectivity index (χ0v) is 37.2. The molecule has 0 aromatic heterocycles. The van der Waals surface area contributed by atoms with Crippen molar-refractivity contribution < 1.29 is 47.5 Å². The predicted molar refractivity (Wildman–Crippen MR) is 226 cm³/mol. The van der Waals surface area contributed by atoms with E-state index in [9.17, 15) is 0 Å². The molecule has 344 valence electrons. The SMILES string of the molecule is CC(N)COCC(C)OCC(C)N.CC(N)COCCCCOCC(C)OCC(C)N.CC(N)COCCOC(C)COCC(C)N.CC(N)COCCON. The molecule has 10 unspecified atom stereocenters. The molecule has 18 nitrogen and oxygen atoms in total. The lowest BCUT2D eigenvalue weighted by molar-refractivity contribution is -0.0319. The molecular formula is C38H92N8O10. The Hall–Kier alpha value is -0.720. The zero-order valence-electron chi connectivity index (χ0n) is 37.2. The van der Waals surface area contributed by atoms with Crippen LogP contribution in [0, 0.1) is 0 Å². The number of rotatable bonds is 34. The van der Waals surface area contributed by atoms with E-state index in [4.69, 9.17) is 88.7 Å². The van der Waals surface area contributed by atoms with Crippen LogP contribution in [0.1, 0.15) is 82.1 Å². The molecule has 0 heterocycles. The van der Waals surface area contributed by atoms with Crippen LogP contribution < -0.4 is 46.0 Å². The van der Waals surface area contributed by atoms with Crippen molar-refractivity contribution in [3.05, 3.63) is 0 Å². The van der Waals surface area contributed by atoms with Gasteiger partial charge in [-0.15, -0.1) is 0 Å². The number of hydrogen-bond donors (Lipinski definition) is 8. The standard InChI is InChI=1S/C13H30N2O3.C11H26N2O3.C9H22N2O2.C5H14N2O2/c1-11(14)8-16-6-4-5-7-17-10-13(3)18-9-12(2)15;1-9(12)6-14-4-5-16-11(3)8-15-7-10(2)13;1-7(10)4-12-6-9(3)13-5-8(2)11;1-5(6)4-8-2-3-9-7/h11-13H,4-10,14-15H2,1-3H3;9-11H,4-8,12-13H2,1-3H3;7-9H,4-6,10-11H2,1-3H3;5H,2-4,6-7H2,1H3. The first-order valence-corrected chi connectivity index (χ1v) is 20.3. The van der Waals surface area contributed by atoms with Crippen LogP contribution in [0.5, 0.6) is 0 Å². The summed E-state index contributed by atoms with van der Waals surface area (Å²) in [5.41, 5.74) is 38.7. The number of unbranched alkanes of at least 4 members (excludes halogenated alkanes) is 1. The van der Waals surface area contributed by atoms with Crippen LogP contribution in [0.3, 0.4) is 0 Å². The van der Waals surface area contributed by atoms with Crippen LogP contribution >= 0.6 is 0 Å². The zero-order chi connectivity index (χ0) is 43.6. The van der Waals surface area contributed by atoms with Gasteiger partial charge < -0.3 is 87.6 Å². The monoisotopic (exact) mass is 821 g/mol. The minimum absolute atomic E-state index is 0.0673. The van der Waals surface area contributed by atoms with E-state index in [-0.39, 0.29) is 60.6 Å². The Kier molecular flexibility index (Phi) is 51.9. The molecule has 0 saturated heterocycles. The van der Waals surface area contributed by atoms with E-state index in [1.54, 1.807) is 0 Å². The highest BCUT2D eigenvalue weighted by molar-refractivity contribution is 4.57. The van der Waals surface area contributed by atoms with Gasteiger partial charge in [0.15, 0.2) is 0 Å². The lowest BCUT2D eigenvalue weighted by Crippen LogP contribution is -2.29. The Morgan fingerprint density at radius 1 is 0.286 bits per heavy atom. The highest BCUT2D eigenvalue weighted by Gasteiger charge is 2.06. The summed E-state index contributed by atoms with van der Waals surface area (Å²) in [4.78, 5) is 4.26. The van der Waals surface area contributed by atoms with Crippen LogP contribution in [-0.4, -0.2) is 166 Å². The maximum atomic E-state index is 5.60. The normalized spacial score (nSPS) is 16.6. The fourth-order valence-corrected chi connectivity index (χ4v) is 3.50. The summed E-state index contributed by atoms with van der Waals surface area (Å²) in [5, 5.41) is 0. The van der Waals surface area contributed by atoms with E-state index in [0.717, 1.165) is 26.1 Å². The molecule has 0 spiro atoms. The minimum atomic E-state index is 0.0673. The van der Waals surface area contributed by atoms with Crippen molar-refractivity contribution in [1.29, 1.82) is 0 Å². The van der Waals surface area contributed by atoms with E-state index < -0.39 is 0 Å². The molecule has 0 fully saturated rings. The summed E-state index contributed by atoms with van der Waals surface area (Å²) >= 11 is 0. The van der Waals surface area contributed by atoms with Crippen molar-refractivity contribution in [1.82, 2.24) is 0 Å². The minimum Gasteiger partial charge on any atom is -0.380 e. The summed E-state index contributed by atoms with van der Waals surface area (Å²) in [7, 11) is 0. The molecule has 0 rings (SSSR count). The van der Waals surface area contributed by atoms with Gasteiger partial charge in [-0.05, 0) is 82.1 Å². The molecule has 18 heteroatoms. The number of ether oxygens (including phenoxy) is 9. The number of nitrogens with two attached hydrogens (primary N) is 8. The maximum absolute atomic E-state index is 5.60. The van der Waals surface area contributed by atoms with Gasteiger partial charge in [0.1, 0.15) is 0 Å². The fraction of sp³-hybridized carbons (Fsp3) is 1.00. The average molecular weight is 821 g/mol. The first-order chi connectivity index (χ1) is 26.3. The Labute approximate surface area is 341 Å².